The molecule has 3 aromatic heterocycles. The van der Waals surface area contributed by atoms with Gasteiger partial charge in [0.15, 0.2) is 0 Å². The van der Waals surface area contributed by atoms with E-state index in [1.165, 1.54) is 93.5 Å². The Hall–Kier alpha value is -3.76. The van der Waals surface area contributed by atoms with Gasteiger partial charge in [0.05, 0.1) is 0 Å². The van der Waals surface area contributed by atoms with E-state index in [2.05, 4.69) is 97.1 Å². The molecule has 0 saturated heterocycles. The Morgan fingerprint density at radius 2 is 0.946 bits per heavy atom. The van der Waals surface area contributed by atoms with Crippen molar-refractivity contribution in [1.29, 1.82) is 0 Å². The molecule has 3 heteroatoms. The van der Waals surface area contributed by atoms with E-state index < -0.39 is 0 Å². The fourth-order valence-electron chi connectivity index (χ4n) is 6.70. The van der Waals surface area contributed by atoms with Gasteiger partial charge in [-0.3, -0.25) is 0 Å². The first kappa shape index (κ1) is 19.4. The normalized spacial score (nSPS) is 12.9. The predicted octanol–water partition coefficient (Wildman–Crippen LogP) is 11.6. The summed E-state index contributed by atoms with van der Waals surface area (Å²) in [6.07, 6.45) is 0. The fraction of sp³-hybridized carbons (Fsp3) is 0. The first-order valence-electron chi connectivity index (χ1n) is 12.5. The lowest BCUT2D eigenvalue weighted by Crippen LogP contribution is -1.84. The van der Waals surface area contributed by atoms with Crippen LogP contribution in [-0.2, 0) is 0 Å². The van der Waals surface area contributed by atoms with Gasteiger partial charge in [0, 0.05) is 65.9 Å². The molecule has 0 aliphatic heterocycles. The second kappa shape index (κ2) is 6.56. The highest BCUT2D eigenvalue weighted by atomic mass is 32.1. The summed E-state index contributed by atoms with van der Waals surface area (Å²) in [5.41, 5.74) is 5.41. The van der Waals surface area contributed by atoms with Crippen molar-refractivity contribution in [3.8, 4) is 22.3 Å². The maximum Gasteiger partial charge on any atom is 0.0368 e. The van der Waals surface area contributed by atoms with Crippen LogP contribution in [0, 0.1) is 0 Å². The zero-order valence-electron chi connectivity index (χ0n) is 19.5. The summed E-state index contributed by atoms with van der Waals surface area (Å²) in [5.74, 6) is 0. The molecule has 170 valence electrons. The summed E-state index contributed by atoms with van der Waals surface area (Å²) in [7, 11) is 0. The van der Waals surface area contributed by atoms with E-state index >= 15 is 0 Å². The van der Waals surface area contributed by atoms with Crippen LogP contribution < -0.4 is 0 Å². The van der Waals surface area contributed by atoms with Gasteiger partial charge in [-0.15, -0.1) is 34.0 Å². The largest absolute Gasteiger partial charge is 0.135 e. The molecule has 3 heterocycles. The second-order valence-electron chi connectivity index (χ2n) is 10.0. The molecular weight excluding hydrogens is 505 g/mol. The molecule has 0 radical (unpaired) electrons. The molecule has 0 atom stereocenters. The molecule has 6 aromatic carbocycles. The third kappa shape index (κ3) is 2.30. The molecule has 0 amide bonds. The van der Waals surface area contributed by atoms with Gasteiger partial charge in [-0.2, -0.15) is 0 Å². The molecular formula is C34H16S3. The Morgan fingerprint density at radius 3 is 1.78 bits per heavy atom. The van der Waals surface area contributed by atoms with Crippen molar-refractivity contribution in [1.82, 2.24) is 0 Å². The predicted molar refractivity (Wildman–Crippen MR) is 167 cm³/mol. The third-order valence-electron chi connectivity index (χ3n) is 8.20. The molecule has 0 unspecified atom stereocenters. The van der Waals surface area contributed by atoms with Gasteiger partial charge in [0.1, 0.15) is 0 Å². The molecule has 1 aliphatic carbocycles. The highest BCUT2D eigenvalue weighted by Crippen LogP contribution is 2.54. The topological polar surface area (TPSA) is 0 Å². The summed E-state index contributed by atoms with van der Waals surface area (Å²) in [5, 5.41) is 11.3. The first-order valence-corrected chi connectivity index (χ1v) is 15.0. The van der Waals surface area contributed by atoms with Crippen LogP contribution in [0.2, 0.25) is 0 Å². The number of thiophene rings is 3. The summed E-state index contributed by atoms with van der Waals surface area (Å²) in [6.45, 7) is 0. The molecule has 0 spiro atoms. The lowest BCUT2D eigenvalue weighted by atomic mass is 9.92. The average molecular weight is 521 g/mol. The summed E-state index contributed by atoms with van der Waals surface area (Å²) in [4.78, 5) is 0. The van der Waals surface area contributed by atoms with Gasteiger partial charge in [0.2, 0.25) is 0 Å². The quantitative estimate of drug-likeness (QED) is 0.202. The fourth-order valence-corrected chi connectivity index (χ4v) is 10.1. The van der Waals surface area contributed by atoms with E-state index in [-0.39, 0.29) is 0 Å². The second-order valence-corrected chi connectivity index (χ2v) is 13.3. The zero-order chi connectivity index (χ0) is 23.8. The van der Waals surface area contributed by atoms with Crippen LogP contribution in [0.25, 0.3) is 93.5 Å². The highest BCUT2D eigenvalue weighted by Gasteiger charge is 2.24. The van der Waals surface area contributed by atoms with E-state index in [0.29, 0.717) is 0 Å². The number of rotatable bonds is 1. The maximum absolute atomic E-state index is 2.47. The molecule has 0 N–H and O–H groups in total. The van der Waals surface area contributed by atoms with Gasteiger partial charge < -0.3 is 0 Å². The van der Waals surface area contributed by atoms with Crippen LogP contribution in [0.4, 0.5) is 0 Å². The van der Waals surface area contributed by atoms with Gasteiger partial charge >= 0.3 is 0 Å². The lowest BCUT2D eigenvalue weighted by molar-refractivity contribution is 1.77. The Balaban J connectivity index is 1.45. The molecule has 0 fully saturated rings. The standard InChI is InChI=1S/C34H16S3/c1-2-8-24-18(5-1)23-15-17(11-13-25(23)35-24)22-16-29-34-31-20(7-4-10-27(31)37-29)19-6-3-9-26-30(19)33-28(36-26)14-12-21(22)32(33)34/h1-16H. The number of hydrogen-bond donors (Lipinski definition) is 0. The molecule has 1 aliphatic rings. The van der Waals surface area contributed by atoms with Crippen molar-refractivity contribution >= 4 is 105 Å². The van der Waals surface area contributed by atoms with Crippen molar-refractivity contribution in [3.63, 3.8) is 0 Å². The van der Waals surface area contributed by atoms with Gasteiger partial charge in [-0.25, -0.2) is 0 Å². The minimum absolute atomic E-state index is 1.30. The van der Waals surface area contributed by atoms with Crippen LogP contribution in [0.5, 0.6) is 0 Å². The minimum Gasteiger partial charge on any atom is -0.135 e. The molecule has 0 bridgehead atoms. The molecule has 0 nitrogen and oxygen atoms in total. The lowest BCUT2D eigenvalue weighted by Gasteiger charge is -2.11. The monoisotopic (exact) mass is 520 g/mol. The zero-order valence-corrected chi connectivity index (χ0v) is 21.9. The SMILES string of the molecule is c1ccc2c(c1)sc1ccc(-c3cc4sc5cccc6c5c4c4c3ccc3sc5cccc-6c5c34)cc12. The van der Waals surface area contributed by atoms with Crippen molar-refractivity contribution in [2.75, 3.05) is 0 Å². The number of fused-ring (bicyclic) bond motifs is 4. The summed E-state index contributed by atoms with van der Waals surface area (Å²) >= 11 is 5.76. The number of benzene rings is 6. The Kier molecular flexibility index (Phi) is 3.43. The maximum atomic E-state index is 2.47. The van der Waals surface area contributed by atoms with Crippen molar-refractivity contribution in [2.24, 2.45) is 0 Å². The minimum atomic E-state index is 1.30. The smallest absolute Gasteiger partial charge is 0.0368 e. The van der Waals surface area contributed by atoms with Gasteiger partial charge in [-0.1, -0.05) is 54.6 Å². The van der Waals surface area contributed by atoms with E-state index in [0.717, 1.165) is 0 Å². The summed E-state index contributed by atoms with van der Waals surface area (Å²) in [6, 6.07) is 36.8. The van der Waals surface area contributed by atoms with Gasteiger partial charge in [0.25, 0.3) is 0 Å². The van der Waals surface area contributed by atoms with E-state index in [1.54, 1.807) is 0 Å². The van der Waals surface area contributed by atoms with Crippen LogP contribution in [0.1, 0.15) is 0 Å². The van der Waals surface area contributed by atoms with Crippen LogP contribution in [0.3, 0.4) is 0 Å². The van der Waals surface area contributed by atoms with Gasteiger partial charge in [-0.05, 0) is 70.1 Å². The Labute approximate surface area is 223 Å². The van der Waals surface area contributed by atoms with Crippen LogP contribution in [0.15, 0.2) is 97.1 Å². The Morgan fingerprint density at radius 1 is 0.324 bits per heavy atom. The van der Waals surface area contributed by atoms with Crippen molar-refractivity contribution < 1.29 is 0 Å². The molecule has 0 saturated carbocycles. The summed E-state index contributed by atoms with van der Waals surface area (Å²) < 4.78 is 8.26. The highest BCUT2D eigenvalue weighted by molar-refractivity contribution is 7.27. The number of hydrogen-bond acceptors (Lipinski definition) is 3. The Bertz CT molecular complexity index is 2440. The van der Waals surface area contributed by atoms with Crippen LogP contribution in [-0.4, -0.2) is 0 Å². The average Bonchev–Trinajstić information content (AvgIpc) is 3.59. The molecule has 10 rings (SSSR count). The van der Waals surface area contributed by atoms with Crippen molar-refractivity contribution in [3.05, 3.63) is 97.1 Å². The van der Waals surface area contributed by atoms with Crippen LogP contribution >= 0.6 is 34.0 Å². The third-order valence-corrected chi connectivity index (χ3v) is 11.6. The first-order chi connectivity index (χ1) is 18.3. The van der Waals surface area contributed by atoms with Crippen molar-refractivity contribution in [2.45, 2.75) is 0 Å². The van der Waals surface area contributed by atoms with E-state index in [9.17, 15) is 0 Å². The van der Waals surface area contributed by atoms with E-state index in [1.807, 2.05) is 34.0 Å². The van der Waals surface area contributed by atoms with E-state index in [4.69, 9.17) is 0 Å². The molecule has 37 heavy (non-hydrogen) atoms. The molecule has 9 aromatic rings.